The van der Waals surface area contributed by atoms with Crippen molar-refractivity contribution in [2.75, 3.05) is 0 Å². The molecular weight excluding hydrogens is 342 g/mol. The second-order valence-electron chi connectivity index (χ2n) is 5.78. The lowest BCUT2D eigenvalue weighted by Crippen LogP contribution is -2.23. The first-order valence-corrected chi connectivity index (χ1v) is 9.83. The van der Waals surface area contributed by atoms with Crippen LogP contribution in [0.1, 0.15) is 21.7 Å². The predicted molar refractivity (Wildman–Crippen MR) is 96.6 cm³/mol. The molecule has 0 aliphatic carbocycles. The van der Waals surface area contributed by atoms with Crippen LogP contribution in [-0.4, -0.2) is 18.6 Å². The predicted octanol–water partition coefficient (Wildman–Crippen LogP) is 3.54. The Kier molecular flexibility index (Phi) is 4.58. The molecular formula is C17H19N3O2S2. The van der Waals surface area contributed by atoms with Crippen molar-refractivity contribution in [3.8, 4) is 10.6 Å². The van der Waals surface area contributed by atoms with Gasteiger partial charge in [-0.15, -0.1) is 11.3 Å². The number of thiophene rings is 1. The molecule has 0 aliphatic heterocycles. The molecule has 126 valence electrons. The molecule has 0 radical (unpaired) electrons. The van der Waals surface area contributed by atoms with Gasteiger partial charge in [-0.3, -0.25) is 5.10 Å². The minimum Gasteiger partial charge on any atom is -0.282 e. The molecule has 0 fully saturated rings. The maximum Gasteiger partial charge on any atom is 0.241 e. The molecule has 2 N–H and O–H groups in total. The topological polar surface area (TPSA) is 74.8 Å². The summed E-state index contributed by atoms with van der Waals surface area (Å²) in [7, 11) is -3.56. The fourth-order valence-corrected chi connectivity index (χ4v) is 4.93. The third-order valence-corrected chi connectivity index (χ3v) is 6.44. The molecule has 0 bridgehead atoms. The molecule has 0 saturated heterocycles. The normalized spacial score (nSPS) is 11.8. The van der Waals surface area contributed by atoms with Gasteiger partial charge in [0.05, 0.1) is 9.77 Å². The minimum atomic E-state index is -3.56. The van der Waals surface area contributed by atoms with E-state index < -0.39 is 10.0 Å². The number of H-pyrrole nitrogens is 1. The van der Waals surface area contributed by atoms with E-state index in [0.29, 0.717) is 4.90 Å². The Labute approximate surface area is 145 Å². The van der Waals surface area contributed by atoms with Gasteiger partial charge in [-0.1, -0.05) is 29.8 Å². The lowest BCUT2D eigenvalue weighted by atomic mass is 10.2. The summed E-state index contributed by atoms with van der Waals surface area (Å²) in [6.07, 6.45) is 0. The molecule has 0 amide bonds. The molecule has 1 aromatic carbocycles. The summed E-state index contributed by atoms with van der Waals surface area (Å²) >= 11 is 1.43. The summed E-state index contributed by atoms with van der Waals surface area (Å²) in [6.45, 7) is 6.00. The van der Waals surface area contributed by atoms with Crippen molar-refractivity contribution in [3.05, 3.63) is 58.1 Å². The van der Waals surface area contributed by atoms with Gasteiger partial charge in [-0.05, 0) is 38.5 Å². The van der Waals surface area contributed by atoms with Crippen molar-refractivity contribution in [1.29, 1.82) is 0 Å². The van der Waals surface area contributed by atoms with Crippen molar-refractivity contribution in [1.82, 2.24) is 14.9 Å². The fraction of sp³-hybridized carbons (Fsp3) is 0.235. The smallest absolute Gasteiger partial charge is 0.241 e. The maximum absolute atomic E-state index is 12.6. The van der Waals surface area contributed by atoms with Crippen molar-refractivity contribution >= 4 is 21.4 Å². The Bertz CT molecular complexity index is 954. The second kappa shape index (κ2) is 6.51. The molecule has 0 aliphatic rings. The van der Waals surface area contributed by atoms with Gasteiger partial charge in [0.2, 0.25) is 10.0 Å². The largest absolute Gasteiger partial charge is 0.282 e. The van der Waals surface area contributed by atoms with Gasteiger partial charge in [0, 0.05) is 17.1 Å². The van der Waals surface area contributed by atoms with Gasteiger partial charge in [-0.25, -0.2) is 13.1 Å². The monoisotopic (exact) mass is 361 g/mol. The van der Waals surface area contributed by atoms with Crippen LogP contribution < -0.4 is 4.72 Å². The molecule has 5 nitrogen and oxygen atoms in total. The van der Waals surface area contributed by atoms with Crippen LogP contribution in [0.25, 0.3) is 10.6 Å². The van der Waals surface area contributed by atoms with Gasteiger partial charge in [0.15, 0.2) is 0 Å². The molecule has 0 saturated carbocycles. The van der Waals surface area contributed by atoms with Gasteiger partial charge >= 0.3 is 0 Å². The van der Waals surface area contributed by atoms with Crippen LogP contribution in [0, 0.1) is 20.8 Å². The Balaban J connectivity index is 1.81. The number of hydrogen-bond donors (Lipinski definition) is 2. The first-order valence-electron chi connectivity index (χ1n) is 7.53. The van der Waals surface area contributed by atoms with Crippen LogP contribution >= 0.6 is 11.3 Å². The van der Waals surface area contributed by atoms with Gasteiger partial charge in [0.25, 0.3) is 0 Å². The zero-order valence-electron chi connectivity index (χ0n) is 13.8. The number of nitrogens with one attached hydrogen (secondary N) is 2. The number of aryl methyl sites for hydroxylation is 3. The number of benzene rings is 1. The van der Waals surface area contributed by atoms with E-state index in [9.17, 15) is 8.42 Å². The van der Waals surface area contributed by atoms with Crippen molar-refractivity contribution in [3.63, 3.8) is 0 Å². The summed E-state index contributed by atoms with van der Waals surface area (Å²) in [6, 6.07) is 11.4. The van der Waals surface area contributed by atoms with Crippen LogP contribution in [-0.2, 0) is 16.6 Å². The van der Waals surface area contributed by atoms with Gasteiger partial charge in [-0.2, -0.15) is 5.10 Å². The summed E-state index contributed by atoms with van der Waals surface area (Å²) in [5.41, 5.74) is 3.79. The number of nitrogens with zero attached hydrogens (tertiary/aromatic N) is 1. The highest BCUT2D eigenvalue weighted by atomic mass is 32.2. The first kappa shape index (κ1) is 16.9. The van der Waals surface area contributed by atoms with Crippen LogP contribution in [0.4, 0.5) is 0 Å². The quantitative estimate of drug-likeness (QED) is 0.730. The van der Waals surface area contributed by atoms with Crippen LogP contribution in [0.5, 0.6) is 0 Å². The molecule has 0 unspecified atom stereocenters. The van der Waals surface area contributed by atoms with E-state index in [1.165, 1.54) is 11.3 Å². The molecule has 2 aromatic heterocycles. The molecule has 2 heterocycles. The summed E-state index contributed by atoms with van der Waals surface area (Å²) in [5, 5.41) is 7.07. The highest BCUT2D eigenvalue weighted by Crippen LogP contribution is 2.32. The fourth-order valence-electron chi connectivity index (χ4n) is 2.36. The van der Waals surface area contributed by atoms with E-state index >= 15 is 0 Å². The van der Waals surface area contributed by atoms with Crippen molar-refractivity contribution in [2.24, 2.45) is 0 Å². The number of rotatable bonds is 5. The van der Waals surface area contributed by atoms with E-state index in [1.54, 1.807) is 6.07 Å². The third-order valence-electron chi connectivity index (χ3n) is 3.71. The molecule has 3 aromatic rings. The summed E-state index contributed by atoms with van der Waals surface area (Å²) in [5.74, 6) is 0. The zero-order chi connectivity index (χ0) is 17.3. The maximum atomic E-state index is 12.6. The van der Waals surface area contributed by atoms with Crippen LogP contribution in [0.2, 0.25) is 0 Å². The molecule has 7 heteroatoms. The average molecular weight is 361 g/mol. The molecule has 0 spiro atoms. The second-order valence-corrected chi connectivity index (χ2v) is 8.77. The van der Waals surface area contributed by atoms with Gasteiger partial charge in [0.1, 0.15) is 5.69 Å². The molecule has 3 rings (SSSR count). The first-order chi connectivity index (χ1) is 11.3. The van der Waals surface area contributed by atoms with Crippen LogP contribution in [0.3, 0.4) is 0 Å². The van der Waals surface area contributed by atoms with E-state index in [2.05, 4.69) is 14.9 Å². The van der Waals surface area contributed by atoms with E-state index in [0.717, 1.165) is 32.3 Å². The Morgan fingerprint density at radius 3 is 2.46 bits per heavy atom. The Morgan fingerprint density at radius 1 is 1.12 bits per heavy atom. The highest BCUT2D eigenvalue weighted by Gasteiger charge is 2.21. The van der Waals surface area contributed by atoms with Gasteiger partial charge < -0.3 is 0 Å². The zero-order valence-corrected chi connectivity index (χ0v) is 15.4. The lowest BCUT2D eigenvalue weighted by Gasteiger charge is -2.06. The third kappa shape index (κ3) is 3.58. The van der Waals surface area contributed by atoms with Crippen LogP contribution in [0.15, 0.2) is 41.3 Å². The number of aromatic amines is 1. The number of sulfonamides is 1. The van der Waals surface area contributed by atoms with E-state index in [1.807, 2.05) is 51.1 Å². The molecule has 24 heavy (non-hydrogen) atoms. The summed E-state index contributed by atoms with van der Waals surface area (Å²) < 4.78 is 27.9. The minimum absolute atomic E-state index is 0.273. The Morgan fingerprint density at radius 2 is 1.83 bits per heavy atom. The average Bonchev–Trinajstić information content (AvgIpc) is 3.13. The highest BCUT2D eigenvalue weighted by molar-refractivity contribution is 7.89. The van der Waals surface area contributed by atoms with Crippen molar-refractivity contribution < 1.29 is 8.42 Å². The summed E-state index contributed by atoms with van der Waals surface area (Å²) in [4.78, 5) is 1.91. The standard InChI is InChI=1S/C17H19N3O2S2/c1-11-4-6-14(7-5-11)10-18-24(21,22)17-9-16(23-13(17)3)15-8-12(2)19-20-15/h4-9,18H,10H2,1-3H3,(H,19,20). The van der Waals surface area contributed by atoms with E-state index in [4.69, 9.17) is 0 Å². The van der Waals surface area contributed by atoms with E-state index in [-0.39, 0.29) is 6.54 Å². The van der Waals surface area contributed by atoms with Crippen molar-refractivity contribution in [2.45, 2.75) is 32.2 Å². The SMILES string of the molecule is Cc1ccc(CNS(=O)(=O)c2cc(-c3cc(C)[nH]n3)sc2C)cc1. The lowest BCUT2D eigenvalue weighted by molar-refractivity contribution is 0.581. The number of aromatic nitrogens is 2. The number of hydrogen-bond acceptors (Lipinski definition) is 4. The Hall–Kier alpha value is -1.96. The molecule has 0 atom stereocenters.